The molecule has 29 heavy (non-hydrogen) atoms. The molecule has 3 aromatic rings. The maximum absolute atomic E-state index is 9.49. The lowest BCUT2D eigenvalue weighted by molar-refractivity contribution is -0.659. The quantitative estimate of drug-likeness (QED) is 0.401. The van der Waals surface area contributed by atoms with Gasteiger partial charge in [-0.3, -0.25) is 4.85 Å². The average Bonchev–Trinajstić information content (AvgIpc) is 2.68. The smallest absolute Gasteiger partial charge is 0.289 e. The molecule has 0 aliphatic heterocycles. The van der Waals surface area contributed by atoms with Gasteiger partial charge in [-0.2, -0.15) is 5.26 Å². The van der Waals surface area contributed by atoms with Crippen LogP contribution in [0.2, 0.25) is 0 Å². The van der Waals surface area contributed by atoms with Crippen LogP contribution in [0.25, 0.3) is 26.9 Å². The Kier molecular flexibility index (Phi) is 4.97. The molecule has 0 bridgehead atoms. The van der Waals surface area contributed by atoms with Gasteiger partial charge in [0.2, 0.25) is 5.69 Å². The highest BCUT2D eigenvalue weighted by Crippen LogP contribution is 2.35. The molecule has 0 N–H and O–H groups in total. The van der Waals surface area contributed by atoms with Crippen molar-refractivity contribution in [1.29, 1.82) is 5.26 Å². The first-order valence-corrected chi connectivity index (χ1v) is 9.86. The van der Waals surface area contributed by atoms with Gasteiger partial charge in [0.05, 0.1) is 16.5 Å². The standard InChI is InChI=1S/C26H28N3/c1-17-13-21(25(3,4)5)15-23(18(17)2)24-22-10-9-20(26(6,16-27)28-7)14-19(22)11-12-29(24)8/h9-15H,1-6,8H3/q+1. The minimum atomic E-state index is -1.16. The van der Waals surface area contributed by atoms with Crippen LogP contribution in [-0.4, -0.2) is 0 Å². The monoisotopic (exact) mass is 382 g/mol. The molecule has 1 aromatic heterocycles. The number of nitrogens with zero attached hydrogens (tertiary/aromatic N) is 3. The first-order chi connectivity index (χ1) is 13.5. The molecule has 3 nitrogen and oxygen atoms in total. The molecule has 0 saturated heterocycles. The predicted octanol–water partition coefficient (Wildman–Crippen LogP) is 5.90. The lowest BCUT2D eigenvalue weighted by atomic mass is 9.82. The first-order valence-electron chi connectivity index (χ1n) is 9.86. The first kappa shape index (κ1) is 20.6. The third kappa shape index (κ3) is 3.50. The number of fused-ring (bicyclic) bond motifs is 1. The molecular weight excluding hydrogens is 354 g/mol. The van der Waals surface area contributed by atoms with E-state index in [2.05, 4.69) is 87.6 Å². The fourth-order valence-corrected chi connectivity index (χ4v) is 3.70. The zero-order chi connectivity index (χ0) is 21.6. The van der Waals surface area contributed by atoms with Gasteiger partial charge in [0.25, 0.3) is 0 Å². The molecular formula is C26H28N3+. The van der Waals surface area contributed by atoms with Crippen molar-refractivity contribution < 1.29 is 4.57 Å². The number of nitriles is 1. The summed E-state index contributed by atoms with van der Waals surface area (Å²) in [5, 5.41) is 11.7. The number of aryl methyl sites for hydroxylation is 2. The van der Waals surface area contributed by atoms with E-state index in [-0.39, 0.29) is 5.41 Å². The maximum atomic E-state index is 9.49. The summed E-state index contributed by atoms with van der Waals surface area (Å²) in [6.45, 7) is 20.2. The van der Waals surface area contributed by atoms with E-state index in [9.17, 15) is 5.26 Å². The molecule has 1 heterocycles. The van der Waals surface area contributed by atoms with E-state index < -0.39 is 5.54 Å². The van der Waals surface area contributed by atoms with Crippen LogP contribution in [0.3, 0.4) is 0 Å². The van der Waals surface area contributed by atoms with E-state index in [0.29, 0.717) is 0 Å². The molecule has 146 valence electrons. The molecule has 2 aromatic carbocycles. The van der Waals surface area contributed by atoms with Crippen LogP contribution in [0.4, 0.5) is 0 Å². The second-order valence-corrected chi connectivity index (χ2v) is 9.09. The molecule has 1 atom stereocenters. The van der Waals surface area contributed by atoms with Crippen LogP contribution in [0.5, 0.6) is 0 Å². The third-order valence-electron chi connectivity index (χ3n) is 5.93. The molecule has 3 rings (SSSR count). The molecule has 0 amide bonds. The third-order valence-corrected chi connectivity index (χ3v) is 5.93. The molecule has 1 unspecified atom stereocenters. The van der Waals surface area contributed by atoms with Crippen molar-refractivity contribution in [2.24, 2.45) is 7.05 Å². The lowest BCUT2D eigenvalue weighted by Gasteiger charge is -2.22. The van der Waals surface area contributed by atoms with Gasteiger partial charge in [0.1, 0.15) is 7.05 Å². The number of benzene rings is 2. The van der Waals surface area contributed by atoms with E-state index in [1.807, 2.05) is 12.1 Å². The van der Waals surface area contributed by atoms with Gasteiger partial charge < -0.3 is 0 Å². The van der Waals surface area contributed by atoms with Gasteiger partial charge in [0, 0.05) is 13.0 Å². The normalized spacial score (nSPS) is 13.6. The van der Waals surface area contributed by atoms with Gasteiger partial charge in [-0.15, -0.1) is 0 Å². The number of aromatic nitrogens is 1. The van der Waals surface area contributed by atoms with E-state index in [4.69, 9.17) is 6.57 Å². The molecule has 0 aliphatic carbocycles. The second kappa shape index (κ2) is 7.02. The summed E-state index contributed by atoms with van der Waals surface area (Å²) in [5.41, 5.74) is 5.89. The molecule has 0 spiro atoms. The molecule has 0 saturated carbocycles. The molecule has 0 fully saturated rings. The Bertz CT molecular complexity index is 1180. The Hall–Kier alpha value is -3.17. The summed E-state index contributed by atoms with van der Waals surface area (Å²) in [5.74, 6) is 0. The predicted molar refractivity (Wildman–Crippen MR) is 118 cm³/mol. The maximum Gasteiger partial charge on any atom is 0.338 e. The van der Waals surface area contributed by atoms with Crippen molar-refractivity contribution in [2.75, 3.05) is 0 Å². The summed E-state index contributed by atoms with van der Waals surface area (Å²) in [7, 11) is 2.07. The van der Waals surface area contributed by atoms with Crippen LogP contribution >= 0.6 is 0 Å². The number of hydrogen-bond acceptors (Lipinski definition) is 1. The van der Waals surface area contributed by atoms with E-state index in [1.54, 1.807) is 6.92 Å². The zero-order valence-corrected chi connectivity index (χ0v) is 18.4. The Morgan fingerprint density at radius 2 is 1.69 bits per heavy atom. The van der Waals surface area contributed by atoms with Gasteiger partial charge >= 0.3 is 5.54 Å². The number of pyridine rings is 1. The van der Waals surface area contributed by atoms with Crippen molar-refractivity contribution in [2.45, 2.75) is 52.5 Å². The molecule has 0 aliphatic rings. The van der Waals surface area contributed by atoms with E-state index in [0.717, 1.165) is 22.0 Å². The average molecular weight is 383 g/mol. The summed E-state index contributed by atoms with van der Waals surface area (Å²) in [6, 6.07) is 14.8. The highest BCUT2D eigenvalue weighted by Gasteiger charge is 2.33. The summed E-state index contributed by atoms with van der Waals surface area (Å²) in [4.78, 5) is 3.56. The van der Waals surface area contributed by atoms with Crippen LogP contribution < -0.4 is 4.57 Å². The number of hydrogen-bond donors (Lipinski definition) is 0. The largest absolute Gasteiger partial charge is 0.338 e. The van der Waals surface area contributed by atoms with Crippen molar-refractivity contribution in [3.63, 3.8) is 0 Å². The van der Waals surface area contributed by atoms with Crippen molar-refractivity contribution in [3.8, 4) is 17.3 Å². The Labute approximate surface area is 174 Å². The van der Waals surface area contributed by atoms with E-state index >= 15 is 0 Å². The van der Waals surface area contributed by atoms with Gasteiger partial charge in [-0.25, -0.2) is 11.1 Å². The van der Waals surface area contributed by atoms with Crippen molar-refractivity contribution in [3.05, 3.63) is 76.3 Å². The van der Waals surface area contributed by atoms with Crippen LogP contribution in [0, 0.1) is 31.8 Å². The van der Waals surface area contributed by atoms with Gasteiger partial charge in [-0.05, 0) is 65.6 Å². The van der Waals surface area contributed by atoms with Crippen molar-refractivity contribution >= 4 is 10.8 Å². The fourth-order valence-electron chi connectivity index (χ4n) is 3.70. The van der Waals surface area contributed by atoms with Crippen LogP contribution in [-0.2, 0) is 18.0 Å². The second-order valence-electron chi connectivity index (χ2n) is 9.09. The van der Waals surface area contributed by atoms with Crippen LogP contribution in [0.15, 0.2) is 42.6 Å². The van der Waals surface area contributed by atoms with Crippen molar-refractivity contribution in [1.82, 2.24) is 0 Å². The van der Waals surface area contributed by atoms with Gasteiger partial charge in [-0.1, -0.05) is 26.8 Å². The minimum Gasteiger partial charge on any atom is -0.289 e. The number of rotatable bonds is 2. The topological polar surface area (TPSA) is 32.0 Å². The Morgan fingerprint density at radius 3 is 2.28 bits per heavy atom. The lowest BCUT2D eigenvalue weighted by Crippen LogP contribution is -2.31. The Morgan fingerprint density at radius 1 is 1.00 bits per heavy atom. The summed E-state index contributed by atoms with van der Waals surface area (Å²) >= 11 is 0. The summed E-state index contributed by atoms with van der Waals surface area (Å²) in [6.07, 6.45) is 2.06. The van der Waals surface area contributed by atoms with Crippen LogP contribution in [0.1, 0.15) is 49.9 Å². The van der Waals surface area contributed by atoms with Gasteiger partial charge in [0.15, 0.2) is 12.3 Å². The summed E-state index contributed by atoms with van der Waals surface area (Å²) < 4.78 is 2.16. The fraction of sp³-hybridized carbons (Fsp3) is 0.346. The zero-order valence-electron chi connectivity index (χ0n) is 18.4. The highest BCUT2D eigenvalue weighted by atomic mass is 14.9. The minimum absolute atomic E-state index is 0.0633. The highest BCUT2D eigenvalue weighted by molar-refractivity contribution is 5.94. The molecule has 0 radical (unpaired) electrons. The Balaban J connectivity index is 2.35. The SMILES string of the molecule is [C-]#[N+]C(C)(C#N)c1ccc2c(-c3cc(C(C)(C)C)cc(C)c3C)[n+](C)ccc2c1. The van der Waals surface area contributed by atoms with E-state index in [1.165, 1.54) is 22.3 Å². The molecule has 3 heteroatoms.